The monoisotopic (exact) mass is 283 g/mol. The average Bonchev–Trinajstić information content (AvgIpc) is 2.92. The lowest BCUT2D eigenvalue weighted by Crippen LogP contribution is -2.04. The Bertz CT molecular complexity index is 695. The van der Waals surface area contributed by atoms with Crippen LogP contribution in [0.25, 0.3) is 17.2 Å². The lowest BCUT2D eigenvalue weighted by Gasteiger charge is -2.07. The molecule has 0 bridgehead atoms. The number of hydrogen-bond acceptors (Lipinski definition) is 5. The molecule has 6 heteroatoms. The molecule has 0 aliphatic rings. The molecular weight excluding hydrogens is 266 g/mol. The van der Waals surface area contributed by atoms with Crippen molar-refractivity contribution < 1.29 is 4.74 Å². The minimum absolute atomic E-state index is 0.446. The number of nitrogens with zero attached hydrogens (tertiary/aromatic N) is 4. The van der Waals surface area contributed by atoms with Gasteiger partial charge in [-0.2, -0.15) is 0 Å². The number of ether oxygens (including phenoxy) is 1. The second-order valence-electron chi connectivity index (χ2n) is 4.62. The van der Waals surface area contributed by atoms with Crippen molar-refractivity contribution in [1.82, 2.24) is 19.4 Å². The highest BCUT2D eigenvalue weighted by Crippen LogP contribution is 2.18. The van der Waals surface area contributed by atoms with Crippen molar-refractivity contribution in [3.8, 4) is 11.5 Å². The van der Waals surface area contributed by atoms with E-state index in [9.17, 15) is 0 Å². The molecule has 3 aromatic rings. The maximum Gasteiger partial charge on any atom is 0.182 e. The van der Waals surface area contributed by atoms with Gasteiger partial charge in [0.25, 0.3) is 0 Å². The van der Waals surface area contributed by atoms with Crippen molar-refractivity contribution in [3.63, 3.8) is 0 Å². The fourth-order valence-corrected chi connectivity index (χ4v) is 2.15. The molecule has 0 saturated carbocycles. The lowest BCUT2D eigenvalue weighted by molar-refractivity contribution is 0.181. The molecule has 6 nitrogen and oxygen atoms in total. The van der Waals surface area contributed by atoms with E-state index in [4.69, 9.17) is 4.74 Å². The van der Waals surface area contributed by atoms with Gasteiger partial charge in [-0.1, -0.05) is 6.07 Å². The number of methoxy groups -OCH3 is 1. The molecule has 0 aromatic carbocycles. The number of anilines is 1. The van der Waals surface area contributed by atoms with E-state index in [0.717, 1.165) is 29.4 Å². The maximum atomic E-state index is 5.17. The first kappa shape index (κ1) is 13.5. The molecule has 0 aliphatic carbocycles. The molecule has 0 atom stereocenters. The lowest BCUT2D eigenvalue weighted by atomic mass is 10.3. The zero-order valence-electron chi connectivity index (χ0n) is 12.1. The molecule has 0 amide bonds. The van der Waals surface area contributed by atoms with Crippen molar-refractivity contribution >= 4 is 11.5 Å². The number of hydrogen-bond donors (Lipinski definition) is 1. The molecule has 21 heavy (non-hydrogen) atoms. The zero-order valence-corrected chi connectivity index (χ0v) is 12.1. The summed E-state index contributed by atoms with van der Waals surface area (Å²) in [5.41, 5.74) is 2.45. The highest BCUT2D eigenvalue weighted by molar-refractivity contribution is 5.57. The predicted octanol–water partition coefficient (Wildman–Crippen LogP) is 2.37. The smallest absolute Gasteiger partial charge is 0.182 e. The van der Waals surface area contributed by atoms with Gasteiger partial charge in [0.1, 0.15) is 17.2 Å². The Kier molecular flexibility index (Phi) is 3.79. The van der Waals surface area contributed by atoms with E-state index in [1.165, 1.54) is 0 Å². The van der Waals surface area contributed by atoms with Gasteiger partial charge in [-0.15, -0.1) is 0 Å². The molecule has 1 N–H and O–H groups in total. The molecule has 108 valence electrons. The van der Waals surface area contributed by atoms with Crippen molar-refractivity contribution in [2.45, 2.75) is 13.5 Å². The molecular formula is C15H17N5O. The number of aromatic nitrogens is 4. The average molecular weight is 283 g/mol. The van der Waals surface area contributed by atoms with Crippen LogP contribution in [0.5, 0.6) is 0 Å². The Hall–Kier alpha value is -2.47. The first-order chi connectivity index (χ1) is 10.3. The van der Waals surface area contributed by atoms with Crippen molar-refractivity contribution in [1.29, 1.82) is 0 Å². The van der Waals surface area contributed by atoms with Crippen molar-refractivity contribution in [3.05, 3.63) is 42.4 Å². The summed E-state index contributed by atoms with van der Waals surface area (Å²) in [6.07, 6.45) is 3.88. The van der Waals surface area contributed by atoms with E-state index in [1.54, 1.807) is 7.11 Å². The van der Waals surface area contributed by atoms with E-state index >= 15 is 0 Å². The highest BCUT2D eigenvalue weighted by atomic mass is 16.5. The van der Waals surface area contributed by atoms with Crippen LogP contribution in [0.1, 0.15) is 12.6 Å². The Balaban J connectivity index is 2.06. The highest BCUT2D eigenvalue weighted by Gasteiger charge is 2.10. The topological polar surface area (TPSA) is 64.3 Å². The fraction of sp³-hybridized carbons (Fsp3) is 0.267. The molecule has 0 aliphatic heterocycles. The SMILES string of the molecule is CCNc1cc(COC)nc(-c2cn3ccccc3n2)n1. The predicted molar refractivity (Wildman–Crippen MR) is 81.1 cm³/mol. The summed E-state index contributed by atoms with van der Waals surface area (Å²) >= 11 is 0. The van der Waals surface area contributed by atoms with Crippen LogP contribution >= 0.6 is 0 Å². The third-order valence-corrected chi connectivity index (χ3v) is 3.02. The summed E-state index contributed by atoms with van der Waals surface area (Å²) in [7, 11) is 1.65. The van der Waals surface area contributed by atoms with Crippen molar-refractivity contribution in [2.24, 2.45) is 0 Å². The van der Waals surface area contributed by atoms with Gasteiger partial charge < -0.3 is 14.5 Å². The van der Waals surface area contributed by atoms with Gasteiger partial charge in [0.05, 0.1) is 12.3 Å². The number of fused-ring (bicyclic) bond motifs is 1. The fourth-order valence-electron chi connectivity index (χ4n) is 2.15. The number of nitrogens with one attached hydrogen (secondary N) is 1. The number of imidazole rings is 1. The summed E-state index contributed by atoms with van der Waals surface area (Å²) in [6, 6.07) is 7.77. The van der Waals surface area contributed by atoms with Crippen LogP contribution in [0, 0.1) is 0 Å². The largest absolute Gasteiger partial charge is 0.378 e. The molecule has 0 radical (unpaired) electrons. The van der Waals surface area contributed by atoms with Gasteiger partial charge >= 0.3 is 0 Å². The second kappa shape index (κ2) is 5.88. The third-order valence-electron chi connectivity index (χ3n) is 3.02. The Morgan fingerprint density at radius 2 is 2.14 bits per heavy atom. The van der Waals surface area contributed by atoms with E-state index in [-0.39, 0.29) is 0 Å². The quantitative estimate of drug-likeness (QED) is 0.778. The van der Waals surface area contributed by atoms with E-state index in [2.05, 4.69) is 20.3 Å². The van der Waals surface area contributed by atoms with Gasteiger partial charge in [0.15, 0.2) is 5.82 Å². The van der Waals surface area contributed by atoms with E-state index in [0.29, 0.717) is 12.4 Å². The summed E-state index contributed by atoms with van der Waals surface area (Å²) in [5, 5.41) is 3.21. The normalized spacial score (nSPS) is 11.0. The van der Waals surface area contributed by atoms with Crippen LogP contribution in [0.4, 0.5) is 5.82 Å². The Labute approximate surface area is 122 Å². The summed E-state index contributed by atoms with van der Waals surface area (Å²) in [6.45, 7) is 3.28. The van der Waals surface area contributed by atoms with Crippen LogP contribution in [-0.2, 0) is 11.3 Å². The number of pyridine rings is 1. The number of rotatable bonds is 5. The summed E-state index contributed by atoms with van der Waals surface area (Å²) < 4.78 is 7.12. The summed E-state index contributed by atoms with van der Waals surface area (Å²) in [4.78, 5) is 13.6. The molecule has 3 heterocycles. The summed E-state index contributed by atoms with van der Waals surface area (Å²) in [5.74, 6) is 1.39. The first-order valence-corrected chi connectivity index (χ1v) is 6.85. The van der Waals surface area contributed by atoms with Gasteiger partial charge in [-0.25, -0.2) is 15.0 Å². The van der Waals surface area contributed by atoms with Crippen LogP contribution in [-0.4, -0.2) is 33.0 Å². The van der Waals surface area contributed by atoms with Gasteiger partial charge in [0, 0.05) is 32.1 Å². The zero-order chi connectivity index (χ0) is 14.7. The second-order valence-corrected chi connectivity index (χ2v) is 4.62. The van der Waals surface area contributed by atoms with Crippen LogP contribution in [0.2, 0.25) is 0 Å². The van der Waals surface area contributed by atoms with Crippen LogP contribution in [0.3, 0.4) is 0 Å². The maximum absolute atomic E-state index is 5.17. The van der Waals surface area contributed by atoms with Gasteiger partial charge in [-0.3, -0.25) is 0 Å². The molecule has 0 saturated heterocycles. The van der Waals surface area contributed by atoms with Crippen LogP contribution in [0.15, 0.2) is 36.7 Å². The molecule has 3 rings (SSSR count). The van der Waals surface area contributed by atoms with Gasteiger partial charge in [0.2, 0.25) is 0 Å². The minimum Gasteiger partial charge on any atom is -0.378 e. The third kappa shape index (κ3) is 2.85. The molecule has 3 aromatic heterocycles. The molecule has 0 spiro atoms. The Morgan fingerprint density at radius 3 is 2.90 bits per heavy atom. The van der Waals surface area contributed by atoms with E-state index < -0.39 is 0 Å². The Morgan fingerprint density at radius 1 is 1.24 bits per heavy atom. The minimum atomic E-state index is 0.446. The molecule has 0 fully saturated rings. The van der Waals surface area contributed by atoms with E-state index in [1.807, 2.05) is 48.0 Å². The van der Waals surface area contributed by atoms with Crippen LogP contribution < -0.4 is 5.32 Å². The standard InChI is InChI=1S/C15H17N5O/c1-3-16-13-8-11(10-21-2)17-15(19-13)12-9-20-7-5-4-6-14(20)18-12/h4-9H,3,10H2,1-2H3,(H,16,17,19). The first-order valence-electron chi connectivity index (χ1n) is 6.85. The van der Waals surface area contributed by atoms with Crippen molar-refractivity contribution in [2.75, 3.05) is 19.0 Å². The molecule has 0 unspecified atom stereocenters. The van der Waals surface area contributed by atoms with Gasteiger partial charge in [-0.05, 0) is 19.1 Å².